The fraction of sp³-hybridized carbons (Fsp3) is 0.400. The van der Waals surface area contributed by atoms with Gasteiger partial charge in [-0.05, 0) is 13.8 Å². The van der Waals surface area contributed by atoms with Gasteiger partial charge in [-0.15, -0.1) is 20.4 Å². The van der Waals surface area contributed by atoms with Gasteiger partial charge in [-0.25, -0.2) is 4.21 Å². The van der Waals surface area contributed by atoms with Crippen molar-refractivity contribution < 1.29 is 24.0 Å². The molecule has 2 N–H and O–H groups in total. The highest BCUT2D eigenvalue weighted by molar-refractivity contribution is 8.69. The average molecular weight is 459 g/mol. The van der Waals surface area contributed by atoms with Gasteiger partial charge in [-0.1, -0.05) is 46.2 Å². The summed E-state index contributed by atoms with van der Waals surface area (Å²) < 4.78 is 13.8. The molecule has 0 aliphatic carbocycles. The molecule has 3 unspecified atom stereocenters. The molecule has 0 saturated heterocycles. The molecule has 0 radical (unpaired) electrons. The third-order valence-corrected chi connectivity index (χ3v) is 10.1. The Morgan fingerprint density at radius 3 is 1.96 bits per heavy atom. The molecule has 0 fully saturated rings. The van der Waals surface area contributed by atoms with Crippen LogP contribution in [-0.2, 0) is 19.4 Å². The maximum atomic E-state index is 12.3. The van der Waals surface area contributed by atoms with Gasteiger partial charge in [-0.2, -0.15) is 0 Å². The normalized spacial score (nSPS) is 14.8. The van der Waals surface area contributed by atoms with Gasteiger partial charge in [0.15, 0.2) is 22.9 Å². The van der Waals surface area contributed by atoms with Crippen LogP contribution in [0, 0.1) is 0 Å². The molecule has 25 heavy (non-hydrogen) atoms. The predicted octanol–water partition coefficient (Wildman–Crippen LogP) is 2.33. The van der Waals surface area contributed by atoms with Crippen molar-refractivity contribution >= 4 is 78.8 Å². The maximum Gasteiger partial charge on any atom is 0.316 e. The van der Waals surface area contributed by atoms with E-state index in [0.717, 1.165) is 57.0 Å². The fourth-order valence-corrected chi connectivity index (χ4v) is 8.28. The van der Waals surface area contributed by atoms with Crippen LogP contribution in [0.3, 0.4) is 0 Å². The minimum atomic E-state index is -1.56. The molecule has 0 saturated carbocycles. The smallest absolute Gasteiger partial charge is 0.316 e. The van der Waals surface area contributed by atoms with Crippen LogP contribution >= 0.6 is 57.0 Å². The number of hydrogen-bond acceptors (Lipinski definition) is 12. The summed E-state index contributed by atoms with van der Waals surface area (Å²) >= 11 is 4.29. The lowest BCUT2D eigenvalue weighted by atomic mass is 10.5. The molecule has 0 aliphatic heterocycles. The molecule has 9 nitrogen and oxygen atoms in total. The van der Waals surface area contributed by atoms with Crippen LogP contribution in [0.25, 0.3) is 0 Å². The van der Waals surface area contributed by atoms with E-state index < -0.39 is 32.3 Å². The van der Waals surface area contributed by atoms with E-state index in [9.17, 15) is 13.8 Å². The van der Waals surface area contributed by atoms with Crippen LogP contribution in [0.5, 0.6) is 0 Å². The highest BCUT2D eigenvalue weighted by Gasteiger charge is 2.21. The molecule has 15 heteroatoms. The molecule has 2 rings (SSSR count). The summed E-state index contributed by atoms with van der Waals surface area (Å²) in [4.78, 5) is 21.6. The number of carboxylic acid groups (broad SMARTS) is 2. The fourth-order valence-electron chi connectivity index (χ4n) is 1.09. The van der Waals surface area contributed by atoms with Crippen LogP contribution in [-0.4, -0.2) is 57.3 Å². The minimum Gasteiger partial charge on any atom is -0.480 e. The molecule has 2 aromatic rings. The SMILES string of the molecule is CC(Sc1nnc(SS(=O)c2nnc(SC(C)C(=O)O)s2)s1)C(=O)O. The number of carbonyl (C=O) groups is 2. The van der Waals surface area contributed by atoms with E-state index in [2.05, 4.69) is 20.4 Å². The topological polar surface area (TPSA) is 143 Å². The van der Waals surface area contributed by atoms with Gasteiger partial charge in [0.2, 0.25) is 4.34 Å². The van der Waals surface area contributed by atoms with Crippen LogP contribution in [0.4, 0.5) is 0 Å². The number of hydrogen-bond donors (Lipinski definition) is 2. The average Bonchev–Trinajstić information content (AvgIpc) is 3.16. The molecule has 0 spiro atoms. The van der Waals surface area contributed by atoms with Gasteiger partial charge in [-0.3, -0.25) is 9.59 Å². The summed E-state index contributed by atoms with van der Waals surface area (Å²) in [7, 11) is -0.634. The number of carboxylic acids is 2. The quantitative estimate of drug-likeness (QED) is 0.420. The third-order valence-electron chi connectivity index (χ3n) is 2.32. The first kappa shape index (κ1) is 20.6. The van der Waals surface area contributed by atoms with E-state index in [0.29, 0.717) is 13.0 Å². The Kier molecular flexibility index (Phi) is 7.63. The Morgan fingerprint density at radius 1 is 0.920 bits per heavy atom. The molecule has 0 aromatic carbocycles. The highest BCUT2D eigenvalue weighted by atomic mass is 33.1. The van der Waals surface area contributed by atoms with Crippen LogP contribution in [0.2, 0.25) is 0 Å². The molecule has 2 heterocycles. The second kappa shape index (κ2) is 9.27. The Bertz CT molecular complexity index is 794. The molecule has 3 atom stereocenters. The predicted molar refractivity (Wildman–Crippen MR) is 98.0 cm³/mol. The summed E-state index contributed by atoms with van der Waals surface area (Å²) in [6.07, 6.45) is 0. The summed E-state index contributed by atoms with van der Waals surface area (Å²) in [6.45, 7) is 3.07. The molecular weight excluding hydrogens is 449 g/mol. The summed E-state index contributed by atoms with van der Waals surface area (Å²) in [6, 6.07) is 0. The summed E-state index contributed by atoms with van der Waals surface area (Å²) in [5.74, 6) is -1.92. The molecule has 0 aliphatic rings. The second-order valence-electron chi connectivity index (χ2n) is 4.18. The second-order valence-corrected chi connectivity index (χ2v) is 12.6. The van der Waals surface area contributed by atoms with Crippen molar-refractivity contribution in [3.05, 3.63) is 0 Å². The number of aliphatic carboxylic acids is 2. The van der Waals surface area contributed by atoms with Crippen LogP contribution in [0.15, 0.2) is 17.4 Å². The van der Waals surface area contributed by atoms with Crippen molar-refractivity contribution in [2.75, 3.05) is 0 Å². The lowest BCUT2D eigenvalue weighted by Crippen LogP contribution is -2.10. The van der Waals surface area contributed by atoms with Gasteiger partial charge in [0, 0.05) is 10.8 Å². The van der Waals surface area contributed by atoms with Gasteiger partial charge in [0.05, 0.1) is 0 Å². The minimum absolute atomic E-state index is 0.244. The highest BCUT2D eigenvalue weighted by Crippen LogP contribution is 2.36. The molecule has 2 aromatic heterocycles. The van der Waals surface area contributed by atoms with Gasteiger partial charge in [0.1, 0.15) is 10.5 Å². The number of aromatic nitrogens is 4. The van der Waals surface area contributed by atoms with Crippen molar-refractivity contribution in [2.24, 2.45) is 0 Å². The Balaban J connectivity index is 1.96. The Labute approximate surface area is 164 Å². The zero-order chi connectivity index (χ0) is 18.6. The summed E-state index contributed by atoms with van der Waals surface area (Å²) in [5, 5.41) is 31.8. The first-order valence-electron chi connectivity index (χ1n) is 6.32. The first-order chi connectivity index (χ1) is 11.8. The Hall–Kier alpha value is -0.740. The van der Waals surface area contributed by atoms with E-state index in [-0.39, 0.29) is 4.34 Å². The number of nitrogens with zero attached hydrogens (tertiary/aromatic N) is 4. The van der Waals surface area contributed by atoms with Crippen molar-refractivity contribution in [1.29, 1.82) is 0 Å². The lowest BCUT2D eigenvalue weighted by molar-refractivity contribution is -0.137. The van der Waals surface area contributed by atoms with Gasteiger partial charge >= 0.3 is 11.9 Å². The van der Waals surface area contributed by atoms with Crippen molar-refractivity contribution in [2.45, 2.75) is 41.7 Å². The van der Waals surface area contributed by atoms with E-state index >= 15 is 0 Å². The van der Waals surface area contributed by atoms with Gasteiger partial charge < -0.3 is 10.2 Å². The van der Waals surface area contributed by atoms with Crippen molar-refractivity contribution in [3.8, 4) is 0 Å². The van der Waals surface area contributed by atoms with E-state index in [1.54, 1.807) is 0 Å². The van der Waals surface area contributed by atoms with E-state index in [1.165, 1.54) is 13.8 Å². The first-order valence-corrected chi connectivity index (χ1v) is 12.2. The molecule has 0 bridgehead atoms. The molecule has 136 valence electrons. The van der Waals surface area contributed by atoms with Crippen molar-refractivity contribution in [1.82, 2.24) is 20.4 Å². The summed E-state index contributed by atoms with van der Waals surface area (Å²) in [5.41, 5.74) is 0. The maximum absolute atomic E-state index is 12.3. The zero-order valence-electron chi connectivity index (χ0n) is 12.5. The van der Waals surface area contributed by atoms with E-state index in [4.69, 9.17) is 10.2 Å². The van der Waals surface area contributed by atoms with Crippen molar-refractivity contribution in [3.63, 3.8) is 0 Å². The number of rotatable bonds is 9. The standard InChI is InChI=1S/C10H10N4O5S6/c1-3(5(15)16)20-7-11-13-9(22-7)24-25(19)10-14-12-8(23-10)21-4(2)6(17)18/h3-4H,1-2H3,(H,15,16)(H,17,18). The van der Waals surface area contributed by atoms with E-state index in [1.807, 2.05) is 0 Å². The largest absolute Gasteiger partial charge is 0.480 e. The molecular formula is C10H10N4O5S6. The van der Waals surface area contributed by atoms with Gasteiger partial charge in [0.25, 0.3) is 0 Å². The lowest BCUT2D eigenvalue weighted by Gasteiger charge is -2.00. The van der Waals surface area contributed by atoms with Crippen LogP contribution in [0.1, 0.15) is 13.8 Å². The third kappa shape index (κ3) is 6.18. The number of thioether (sulfide) groups is 2. The monoisotopic (exact) mass is 458 g/mol. The molecule has 0 amide bonds. The van der Waals surface area contributed by atoms with Crippen LogP contribution < -0.4 is 0 Å². The zero-order valence-corrected chi connectivity index (χ0v) is 17.4. The Morgan fingerprint density at radius 2 is 1.40 bits per heavy atom.